The van der Waals surface area contributed by atoms with Crippen LogP contribution in [-0.2, 0) is 13.5 Å². The zero-order valence-corrected chi connectivity index (χ0v) is 14.8. The highest BCUT2D eigenvalue weighted by molar-refractivity contribution is 5.61. The van der Waals surface area contributed by atoms with E-state index >= 15 is 0 Å². The summed E-state index contributed by atoms with van der Waals surface area (Å²) in [5.41, 5.74) is 1.34. The smallest absolute Gasteiger partial charge is 0.166 e. The molecule has 0 bridgehead atoms. The second-order valence-electron chi connectivity index (χ2n) is 5.91. The van der Waals surface area contributed by atoms with Gasteiger partial charge in [-0.05, 0) is 18.2 Å². The first-order chi connectivity index (χ1) is 13.1. The molecule has 0 saturated heterocycles. The fraction of sp³-hybridized carbons (Fsp3) is 0.143. The molecule has 1 heterocycles. The van der Waals surface area contributed by atoms with E-state index in [1.807, 2.05) is 30.3 Å². The van der Waals surface area contributed by atoms with Crippen LogP contribution >= 0.6 is 0 Å². The Balaban J connectivity index is 1.83. The normalized spacial score (nSPS) is 10.3. The quantitative estimate of drug-likeness (QED) is 0.666. The fourth-order valence-electron chi connectivity index (χ4n) is 2.56. The maximum Gasteiger partial charge on any atom is 0.166 e. The molecular formula is C21H19F2N3O. The van der Waals surface area contributed by atoms with Crippen LogP contribution in [0.4, 0.5) is 8.78 Å². The molecule has 3 rings (SSSR count). The third-order valence-electron chi connectivity index (χ3n) is 3.83. The molecule has 0 aliphatic heterocycles. The number of halogens is 2. The van der Waals surface area contributed by atoms with Gasteiger partial charge >= 0.3 is 0 Å². The van der Waals surface area contributed by atoms with Crippen LogP contribution in [0.2, 0.25) is 0 Å². The monoisotopic (exact) mass is 367 g/mol. The molecule has 0 atom stereocenters. The number of nitrogens with zero attached hydrogens (tertiary/aromatic N) is 3. The third-order valence-corrected chi connectivity index (χ3v) is 3.83. The highest BCUT2D eigenvalue weighted by Gasteiger charge is 2.09. The molecule has 0 spiro atoms. The lowest BCUT2D eigenvalue weighted by Gasteiger charge is -2.05. The number of para-hydroxylation sites is 1. The number of aryl methyl sites for hydroxylation is 1. The van der Waals surface area contributed by atoms with Crippen molar-refractivity contribution in [2.45, 2.75) is 6.42 Å². The topological polar surface area (TPSA) is 39.9 Å². The highest BCUT2D eigenvalue weighted by atomic mass is 19.2. The number of ether oxygens (including phenoxy) is 1. The van der Waals surface area contributed by atoms with Gasteiger partial charge in [-0.15, -0.1) is 0 Å². The van der Waals surface area contributed by atoms with Crippen LogP contribution in [0.25, 0.3) is 11.1 Å². The first-order valence-corrected chi connectivity index (χ1v) is 8.46. The summed E-state index contributed by atoms with van der Waals surface area (Å²) >= 11 is 0. The molecule has 0 amide bonds. The summed E-state index contributed by atoms with van der Waals surface area (Å²) in [6, 6.07) is 13.6. The molecule has 4 nitrogen and oxygen atoms in total. The molecule has 0 N–H and O–H groups in total. The summed E-state index contributed by atoms with van der Waals surface area (Å²) in [7, 11) is 1.80. The number of rotatable bonds is 5. The van der Waals surface area contributed by atoms with Crippen molar-refractivity contribution in [2.75, 3.05) is 6.61 Å². The van der Waals surface area contributed by atoms with E-state index in [1.165, 1.54) is 24.7 Å². The lowest BCUT2D eigenvalue weighted by atomic mass is 10.1. The Morgan fingerprint density at radius 2 is 1.81 bits per heavy atom. The highest BCUT2D eigenvalue weighted by Crippen LogP contribution is 2.22. The third kappa shape index (κ3) is 5.10. The molecule has 138 valence electrons. The molecule has 0 unspecified atom stereocenters. The van der Waals surface area contributed by atoms with Gasteiger partial charge in [0.05, 0.1) is 12.3 Å². The average molecular weight is 367 g/mol. The van der Waals surface area contributed by atoms with Crippen molar-refractivity contribution in [2.24, 2.45) is 7.05 Å². The average Bonchev–Trinajstić information content (AvgIpc) is 2.75. The van der Waals surface area contributed by atoms with E-state index in [-0.39, 0.29) is 5.56 Å². The second-order valence-corrected chi connectivity index (χ2v) is 5.91. The summed E-state index contributed by atoms with van der Waals surface area (Å²) < 4.78 is 35.0. The van der Waals surface area contributed by atoms with Crippen molar-refractivity contribution >= 4 is 0 Å². The lowest BCUT2D eigenvalue weighted by molar-refractivity contribution is 0.320. The van der Waals surface area contributed by atoms with Crippen molar-refractivity contribution in [3.05, 3.63) is 90.8 Å². The molecule has 0 radical (unpaired) electrons. The molecule has 6 heteroatoms. The van der Waals surface area contributed by atoms with Gasteiger partial charge in [-0.2, -0.15) is 0 Å². The van der Waals surface area contributed by atoms with Gasteiger partial charge in [0, 0.05) is 43.2 Å². The summed E-state index contributed by atoms with van der Waals surface area (Å²) in [5, 5.41) is 0. The van der Waals surface area contributed by atoms with Gasteiger partial charge in [0.1, 0.15) is 12.1 Å². The van der Waals surface area contributed by atoms with Crippen molar-refractivity contribution < 1.29 is 13.5 Å². The number of hydrogen-bond donors (Lipinski definition) is 0. The van der Waals surface area contributed by atoms with E-state index in [0.29, 0.717) is 18.6 Å². The second kappa shape index (κ2) is 8.89. The van der Waals surface area contributed by atoms with Crippen molar-refractivity contribution in [3.63, 3.8) is 0 Å². The van der Waals surface area contributed by atoms with Crippen LogP contribution in [0.15, 0.2) is 73.4 Å². The zero-order valence-electron chi connectivity index (χ0n) is 14.8. The molecule has 0 aliphatic carbocycles. The van der Waals surface area contributed by atoms with Gasteiger partial charge in [0.2, 0.25) is 0 Å². The predicted molar refractivity (Wildman–Crippen MR) is 99.6 cm³/mol. The largest absolute Gasteiger partial charge is 0.493 e. The minimum atomic E-state index is -0.903. The van der Waals surface area contributed by atoms with E-state index in [9.17, 15) is 8.78 Å². The van der Waals surface area contributed by atoms with Crippen LogP contribution in [0.5, 0.6) is 5.75 Å². The Bertz CT molecular complexity index is 957. The number of benzene rings is 2. The van der Waals surface area contributed by atoms with E-state index in [4.69, 9.17) is 4.74 Å². The van der Waals surface area contributed by atoms with Crippen molar-refractivity contribution in [1.29, 1.82) is 0 Å². The molecule has 0 fully saturated rings. The number of aromatic nitrogens is 3. The number of hydrogen-bond acceptors (Lipinski definition) is 3. The van der Waals surface area contributed by atoms with Gasteiger partial charge < -0.3 is 9.30 Å². The van der Waals surface area contributed by atoms with Crippen LogP contribution in [0.3, 0.4) is 0 Å². The SMILES string of the molecule is Cn1cc(-c2cccc(F)c2F)cncnc(CCOc2ccccc2)c1. The minimum Gasteiger partial charge on any atom is -0.493 e. The van der Waals surface area contributed by atoms with Gasteiger partial charge in [-0.1, -0.05) is 30.3 Å². The Morgan fingerprint density at radius 1 is 1.00 bits per heavy atom. The van der Waals surface area contributed by atoms with Crippen LogP contribution in [0, 0.1) is 11.6 Å². The van der Waals surface area contributed by atoms with E-state index in [1.54, 1.807) is 24.0 Å². The Morgan fingerprint density at radius 3 is 2.63 bits per heavy atom. The Kier molecular flexibility index (Phi) is 6.10. The van der Waals surface area contributed by atoms with Crippen LogP contribution in [0.1, 0.15) is 5.69 Å². The molecule has 0 aliphatic rings. The van der Waals surface area contributed by atoms with Crippen molar-refractivity contribution in [3.8, 4) is 16.9 Å². The maximum atomic E-state index is 14.1. The van der Waals surface area contributed by atoms with Crippen LogP contribution < -0.4 is 4.74 Å². The van der Waals surface area contributed by atoms with Gasteiger partial charge in [-0.3, -0.25) is 0 Å². The van der Waals surface area contributed by atoms with Crippen molar-refractivity contribution in [1.82, 2.24) is 14.5 Å². The lowest BCUT2D eigenvalue weighted by Crippen LogP contribution is -2.03. The summed E-state index contributed by atoms with van der Waals surface area (Å²) in [4.78, 5) is 8.40. The Hall–Kier alpha value is -3.28. The van der Waals surface area contributed by atoms with Crippen LogP contribution in [-0.4, -0.2) is 21.1 Å². The molecule has 3 aromatic rings. The molecular weight excluding hydrogens is 348 g/mol. The Labute approximate surface area is 156 Å². The summed E-state index contributed by atoms with van der Waals surface area (Å²) in [6.07, 6.45) is 6.89. The standard InChI is InChI=1S/C21H19F2N3O/c1-26-13-16(19-8-5-9-20(22)21(19)23)12-24-15-25-17(14-26)10-11-27-18-6-3-2-4-7-18/h2-9,12-15H,10-11H2,1H3. The maximum absolute atomic E-state index is 14.1. The molecule has 0 saturated carbocycles. The first-order valence-electron chi connectivity index (χ1n) is 8.46. The zero-order chi connectivity index (χ0) is 19.1. The minimum absolute atomic E-state index is 0.142. The molecule has 27 heavy (non-hydrogen) atoms. The van der Waals surface area contributed by atoms with E-state index in [0.717, 1.165) is 17.5 Å². The van der Waals surface area contributed by atoms with Gasteiger partial charge in [-0.25, -0.2) is 18.7 Å². The fourth-order valence-corrected chi connectivity index (χ4v) is 2.56. The molecule has 2 aromatic carbocycles. The first kappa shape index (κ1) is 18.5. The van der Waals surface area contributed by atoms with E-state index in [2.05, 4.69) is 9.97 Å². The summed E-state index contributed by atoms with van der Waals surface area (Å²) in [6.45, 7) is 0.458. The van der Waals surface area contributed by atoms with E-state index < -0.39 is 11.6 Å². The predicted octanol–water partition coefficient (Wildman–Crippen LogP) is 4.51. The summed E-state index contributed by atoms with van der Waals surface area (Å²) in [5.74, 6) is -1.01. The van der Waals surface area contributed by atoms with Gasteiger partial charge in [0.25, 0.3) is 0 Å². The molecule has 1 aromatic heterocycles. The van der Waals surface area contributed by atoms with Gasteiger partial charge in [0.15, 0.2) is 11.6 Å².